The van der Waals surface area contributed by atoms with Crippen LogP contribution in [-0.2, 0) is 0 Å². The Bertz CT molecular complexity index is 354. The highest BCUT2D eigenvalue weighted by atomic mass is 15.2. The van der Waals surface area contributed by atoms with Crippen molar-refractivity contribution in [2.45, 2.75) is 57.9 Å². The number of nitrogens with two attached hydrogens (primary N) is 1. The number of benzene rings is 1. The molecule has 0 radical (unpaired) electrons. The first kappa shape index (κ1) is 13.6. The molecule has 0 spiro atoms. The van der Waals surface area contributed by atoms with Gasteiger partial charge in [0.05, 0.1) is 0 Å². The molecule has 0 saturated heterocycles. The normalized spacial score (nSPS) is 20.1. The molecule has 2 nitrogen and oxygen atoms in total. The monoisotopic (exact) mass is 246 g/mol. The number of nitrogens with one attached hydrogen (secondary N) is 1. The summed E-state index contributed by atoms with van der Waals surface area (Å²) < 4.78 is 0. The summed E-state index contributed by atoms with van der Waals surface area (Å²) in [5, 5.41) is 0. The molecule has 1 aromatic rings. The van der Waals surface area contributed by atoms with Gasteiger partial charge in [-0.25, -0.2) is 0 Å². The fraction of sp³-hybridized carbons (Fsp3) is 0.625. The Labute approximate surface area is 111 Å². The van der Waals surface area contributed by atoms with Gasteiger partial charge in [-0.2, -0.15) is 0 Å². The second-order valence-electron chi connectivity index (χ2n) is 5.66. The van der Waals surface area contributed by atoms with E-state index in [4.69, 9.17) is 5.84 Å². The third-order valence-electron chi connectivity index (χ3n) is 4.20. The molecule has 1 unspecified atom stereocenters. The van der Waals surface area contributed by atoms with E-state index < -0.39 is 0 Å². The van der Waals surface area contributed by atoms with E-state index in [2.05, 4.69) is 36.6 Å². The smallest absolute Gasteiger partial charge is 0.0488 e. The molecule has 100 valence electrons. The Hall–Kier alpha value is -0.860. The molecule has 0 aromatic heterocycles. The number of rotatable bonds is 3. The first-order chi connectivity index (χ1) is 8.81. The van der Waals surface area contributed by atoms with E-state index >= 15 is 0 Å². The summed E-state index contributed by atoms with van der Waals surface area (Å²) in [6, 6.07) is 9.08. The van der Waals surface area contributed by atoms with Crippen molar-refractivity contribution in [1.82, 2.24) is 5.43 Å². The lowest BCUT2D eigenvalue weighted by molar-refractivity contribution is 0.290. The van der Waals surface area contributed by atoms with Crippen molar-refractivity contribution in [3.8, 4) is 0 Å². The van der Waals surface area contributed by atoms with Crippen LogP contribution in [0.4, 0.5) is 0 Å². The van der Waals surface area contributed by atoms with Gasteiger partial charge in [0.25, 0.3) is 0 Å². The predicted molar refractivity (Wildman–Crippen MR) is 77.1 cm³/mol. The van der Waals surface area contributed by atoms with Crippen molar-refractivity contribution in [3.63, 3.8) is 0 Å². The highest BCUT2D eigenvalue weighted by Crippen LogP contribution is 2.32. The molecule has 1 saturated carbocycles. The molecule has 0 bridgehead atoms. The Morgan fingerprint density at radius 1 is 1.11 bits per heavy atom. The van der Waals surface area contributed by atoms with Gasteiger partial charge in [0.2, 0.25) is 0 Å². The van der Waals surface area contributed by atoms with E-state index in [0.717, 1.165) is 0 Å². The van der Waals surface area contributed by atoms with Crippen LogP contribution >= 0.6 is 0 Å². The van der Waals surface area contributed by atoms with Gasteiger partial charge in [-0.3, -0.25) is 11.3 Å². The van der Waals surface area contributed by atoms with Gasteiger partial charge in [0.1, 0.15) is 0 Å². The molecule has 1 aliphatic carbocycles. The minimum Gasteiger partial charge on any atom is -0.271 e. The molecule has 0 heterocycles. The molecule has 0 amide bonds. The van der Waals surface area contributed by atoms with Crippen molar-refractivity contribution in [2.24, 2.45) is 11.8 Å². The lowest BCUT2D eigenvalue weighted by Crippen LogP contribution is -2.34. The molecular weight excluding hydrogens is 220 g/mol. The van der Waals surface area contributed by atoms with E-state index in [9.17, 15) is 0 Å². The second kappa shape index (κ2) is 6.91. The van der Waals surface area contributed by atoms with E-state index in [-0.39, 0.29) is 0 Å². The summed E-state index contributed by atoms with van der Waals surface area (Å²) in [6.45, 7) is 2.15. The van der Waals surface area contributed by atoms with E-state index in [1.54, 1.807) is 0 Å². The molecule has 2 rings (SSSR count). The zero-order valence-corrected chi connectivity index (χ0v) is 11.5. The summed E-state index contributed by atoms with van der Waals surface area (Å²) >= 11 is 0. The number of aryl methyl sites for hydroxylation is 1. The highest BCUT2D eigenvalue weighted by Gasteiger charge is 2.22. The first-order valence-corrected chi connectivity index (χ1v) is 7.34. The lowest BCUT2D eigenvalue weighted by atomic mass is 9.83. The van der Waals surface area contributed by atoms with Crippen LogP contribution < -0.4 is 11.3 Å². The first-order valence-electron chi connectivity index (χ1n) is 7.34. The minimum atomic E-state index is 0.322. The maximum absolute atomic E-state index is 5.83. The van der Waals surface area contributed by atoms with Crippen LogP contribution in [0, 0.1) is 12.8 Å². The third kappa shape index (κ3) is 3.56. The molecule has 1 atom stereocenters. The predicted octanol–water partition coefficient (Wildman–Crippen LogP) is 3.86. The van der Waals surface area contributed by atoms with Crippen molar-refractivity contribution in [1.29, 1.82) is 0 Å². The highest BCUT2D eigenvalue weighted by molar-refractivity contribution is 5.25. The SMILES string of the molecule is Cc1cccc(C(NN)C2CCCCCCC2)c1. The Balaban J connectivity index is 2.10. The average Bonchev–Trinajstić information content (AvgIpc) is 2.32. The number of hydrazine groups is 1. The van der Waals surface area contributed by atoms with Crippen LogP contribution in [0.25, 0.3) is 0 Å². The topological polar surface area (TPSA) is 38.0 Å². The Kier molecular flexibility index (Phi) is 5.21. The summed E-state index contributed by atoms with van der Waals surface area (Å²) in [7, 11) is 0. The largest absolute Gasteiger partial charge is 0.271 e. The van der Waals surface area contributed by atoms with Crippen molar-refractivity contribution >= 4 is 0 Å². The van der Waals surface area contributed by atoms with Crippen LogP contribution in [0.5, 0.6) is 0 Å². The fourth-order valence-electron chi connectivity index (χ4n) is 3.19. The minimum absolute atomic E-state index is 0.322. The Morgan fingerprint density at radius 3 is 2.39 bits per heavy atom. The summed E-state index contributed by atoms with van der Waals surface area (Å²) in [4.78, 5) is 0. The van der Waals surface area contributed by atoms with Gasteiger partial charge in [-0.1, -0.05) is 61.9 Å². The van der Waals surface area contributed by atoms with Crippen LogP contribution in [0.15, 0.2) is 24.3 Å². The van der Waals surface area contributed by atoms with Gasteiger partial charge in [0, 0.05) is 6.04 Å². The molecule has 1 aromatic carbocycles. The zero-order valence-electron chi connectivity index (χ0n) is 11.5. The van der Waals surface area contributed by atoms with Crippen LogP contribution in [0.2, 0.25) is 0 Å². The van der Waals surface area contributed by atoms with E-state index in [1.165, 1.54) is 56.1 Å². The van der Waals surface area contributed by atoms with Crippen molar-refractivity contribution < 1.29 is 0 Å². The van der Waals surface area contributed by atoms with Gasteiger partial charge in [0.15, 0.2) is 0 Å². The van der Waals surface area contributed by atoms with Gasteiger partial charge in [-0.15, -0.1) is 0 Å². The third-order valence-corrected chi connectivity index (χ3v) is 4.20. The van der Waals surface area contributed by atoms with E-state index in [1.807, 2.05) is 0 Å². The van der Waals surface area contributed by atoms with Gasteiger partial charge < -0.3 is 0 Å². The van der Waals surface area contributed by atoms with Crippen molar-refractivity contribution in [2.75, 3.05) is 0 Å². The van der Waals surface area contributed by atoms with Crippen LogP contribution in [0.3, 0.4) is 0 Å². The summed E-state index contributed by atoms with van der Waals surface area (Å²) in [5.74, 6) is 6.52. The van der Waals surface area contributed by atoms with Crippen molar-refractivity contribution in [3.05, 3.63) is 35.4 Å². The number of hydrogen-bond donors (Lipinski definition) is 2. The number of hydrogen-bond acceptors (Lipinski definition) is 2. The lowest BCUT2D eigenvalue weighted by Gasteiger charge is -2.28. The Morgan fingerprint density at radius 2 is 1.78 bits per heavy atom. The summed E-state index contributed by atoms with van der Waals surface area (Å²) in [6.07, 6.45) is 9.52. The maximum atomic E-state index is 5.83. The average molecular weight is 246 g/mol. The molecule has 1 aliphatic rings. The summed E-state index contributed by atoms with van der Waals surface area (Å²) in [5.41, 5.74) is 5.73. The second-order valence-corrected chi connectivity index (χ2v) is 5.66. The standard InChI is InChI=1S/C16H26N2/c1-13-8-7-11-15(12-13)16(18-17)14-9-5-3-2-4-6-10-14/h7-8,11-12,14,16,18H,2-6,9-10,17H2,1H3. The quantitative estimate of drug-likeness (QED) is 0.628. The van der Waals surface area contributed by atoms with Gasteiger partial charge >= 0.3 is 0 Å². The molecule has 2 heteroatoms. The molecule has 0 aliphatic heterocycles. The van der Waals surface area contributed by atoms with Crippen LogP contribution in [0.1, 0.15) is 62.1 Å². The van der Waals surface area contributed by atoms with Gasteiger partial charge in [-0.05, 0) is 31.2 Å². The zero-order chi connectivity index (χ0) is 12.8. The maximum Gasteiger partial charge on any atom is 0.0488 e. The fourth-order valence-corrected chi connectivity index (χ4v) is 3.19. The molecular formula is C16H26N2. The van der Waals surface area contributed by atoms with E-state index in [0.29, 0.717) is 12.0 Å². The van der Waals surface area contributed by atoms with Crippen LogP contribution in [-0.4, -0.2) is 0 Å². The molecule has 1 fully saturated rings. The molecule has 3 N–H and O–H groups in total. The molecule has 18 heavy (non-hydrogen) atoms.